The Morgan fingerprint density at radius 3 is 2.89 bits per heavy atom. The van der Waals surface area contributed by atoms with Crippen LogP contribution in [0.15, 0.2) is 30.5 Å². The summed E-state index contributed by atoms with van der Waals surface area (Å²) in [6.07, 6.45) is 4.23. The number of rotatable bonds is 3. The first-order valence-electron chi connectivity index (χ1n) is 6.45. The maximum Gasteiger partial charge on any atom is 0.159 e. The van der Waals surface area contributed by atoms with Gasteiger partial charge in [0.15, 0.2) is 5.82 Å². The van der Waals surface area contributed by atoms with Crippen molar-refractivity contribution in [1.82, 2.24) is 15.3 Å². The van der Waals surface area contributed by atoms with Gasteiger partial charge in [0, 0.05) is 43.3 Å². The molecule has 1 N–H and O–H groups in total. The first-order chi connectivity index (χ1) is 9.36. The predicted octanol–water partition coefficient (Wildman–Crippen LogP) is 1.53. The summed E-state index contributed by atoms with van der Waals surface area (Å²) in [5.41, 5.74) is 4.34. The average Bonchev–Trinajstić information content (AvgIpc) is 2.48. The van der Waals surface area contributed by atoms with Gasteiger partial charge in [0.25, 0.3) is 0 Å². The third-order valence-corrected chi connectivity index (χ3v) is 3.34. The molecule has 1 aliphatic heterocycles. The summed E-state index contributed by atoms with van der Waals surface area (Å²) in [5, 5.41) is 3.31. The van der Waals surface area contributed by atoms with Crippen molar-refractivity contribution >= 4 is 6.29 Å². The van der Waals surface area contributed by atoms with E-state index in [1.54, 1.807) is 0 Å². The quantitative estimate of drug-likeness (QED) is 0.843. The molecule has 1 aromatic carbocycles. The van der Waals surface area contributed by atoms with E-state index in [0.29, 0.717) is 6.42 Å². The molecule has 0 spiro atoms. The predicted molar refractivity (Wildman–Crippen MR) is 72.6 cm³/mol. The topological polar surface area (TPSA) is 54.9 Å². The molecule has 0 saturated heterocycles. The number of hydrogen-bond acceptors (Lipinski definition) is 4. The third kappa shape index (κ3) is 2.53. The Labute approximate surface area is 111 Å². The van der Waals surface area contributed by atoms with Crippen LogP contribution in [0.2, 0.25) is 0 Å². The monoisotopic (exact) mass is 253 g/mol. The average molecular weight is 253 g/mol. The smallest absolute Gasteiger partial charge is 0.159 e. The van der Waals surface area contributed by atoms with Crippen LogP contribution in [0.3, 0.4) is 0 Å². The fourth-order valence-corrected chi connectivity index (χ4v) is 2.26. The zero-order valence-corrected chi connectivity index (χ0v) is 10.6. The van der Waals surface area contributed by atoms with Gasteiger partial charge < -0.3 is 10.1 Å². The van der Waals surface area contributed by atoms with Crippen LogP contribution in [0.25, 0.3) is 11.4 Å². The van der Waals surface area contributed by atoms with E-state index < -0.39 is 0 Å². The van der Waals surface area contributed by atoms with Gasteiger partial charge >= 0.3 is 0 Å². The summed E-state index contributed by atoms with van der Waals surface area (Å²) in [7, 11) is 0. The lowest BCUT2D eigenvalue weighted by molar-refractivity contribution is -0.107. The zero-order chi connectivity index (χ0) is 13.1. The molecule has 3 rings (SSSR count). The molecule has 4 heteroatoms. The van der Waals surface area contributed by atoms with E-state index in [2.05, 4.69) is 15.3 Å². The van der Waals surface area contributed by atoms with Gasteiger partial charge in [-0.2, -0.15) is 0 Å². The van der Waals surface area contributed by atoms with E-state index in [1.807, 2.05) is 30.5 Å². The second-order valence-electron chi connectivity index (χ2n) is 4.66. The lowest BCUT2D eigenvalue weighted by Crippen LogP contribution is -2.24. The minimum Gasteiger partial charge on any atom is -0.312 e. The first-order valence-corrected chi connectivity index (χ1v) is 6.45. The van der Waals surface area contributed by atoms with Gasteiger partial charge in [0.2, 0.25) is 0 Å². The summed E-state index contributed by atoms with van der Waals surface area (Å²) < 4.78 is 0. The molecule has 0 unspecified atom stereocenters. The Morgan fingerprint density at radius 1 is 1.26 bits per heavy atom. The van der Waals surface area contributed by atoms with Crippen molar-refractivity contribution in [3.8, 4) is 11.4 Å². The van der Waals surface area contributed by atoms with Crippen molar-refractivity contribution in [1.29, 1.82) is 0 Å². The van der Waals surface area contributed by atoms with Crippen LogP contribution in [-0.2, 0) is 24.2 Å². The number of benzene rings is 1. The molecule has 1 aliphatic rings. The minimum atomic E-state index is 0.455. The number of aromatic nitrogens is 2. The SMILES string of the molecule is O=CCc1ccc(-c2ncc3c(n2)CCNC3)cc1. The van der Waals surface area contributed by atoms with Crippen LogP contribution in [0, 0.1) is 0 Å². The second-order valence-corrected chi connectivity index (χ2v) is 4.66. The van der Waals surface area contributed by atoms with Crippen molar-refractivity contribution in [2.24, 2.45) is 0 Å². The van der Waals surface area contributed by atoms with Gasteiger partial charge in [-0.3, -0.25) is 0 Å². The number of aldehydes is 1. The van der Waals surface area contributed by atoms with E-state index in [4.69, 9.17) is 0 Å². The highest BCUT2D eigenvalue weighted by Gasteiger charge is 2.12. The number of hydrogen-bond donors (Lipinski definition) is 1. The van der Waals surface area contributed by atoms with Crippen molar-refractivity contribution < 1.29 is 4.79 Å². The molecule has 2 aromatic rings. The fourth-order valence-electron chi connectivity index (χ4n) is 2.26. The number of nitrogens with zero attached hydrogens (tertiary/aromatic N) is 2. The van der Waals surface area contributed by atoms with Crippen LogP contribution >= 0.6 is 0 Å². The maximum atomic E-state index is 10.5. The molecule has 0 amide bonds. The molecule has 4 nitrogen and oxygen atoms in total. The summed E-state index contributed by atoms with van der Waals surface area (Å²) in [5.74, 6) is 0.762. The van der Waals surface area contributed by atoms with Crippen LogP contribution in [0.1, 0.15) is 16.8 Å². The Balaban J connectivity index is 1.91. The van der Waals surface area contributed by atoms with E-state index in [0.717, 1.165) is 48.4 Å². The summed E-state index contributed by atoms with van der Waals surface area (Å²) in [6, 6.07) is 7.85. The van der Waals surface area contributed by atoms with Crippen molar-refractivity contribution in [2.75, 3.05) is 6.54 Å². The van der Waals surface area contributed by atoms with Gasteiger partial charge in [-0.1, -0.05) is 24.3 Å². The molecular formula is C15H15N3O. The van der Waals surface area contributed by atoms with Crippen LogP contribution in [-0.4, -0.2) is 22.8 Å². The van der Waals surface area contributed by atoms with E-state index in [1.165, 1.54) is 5.56 Å². The highest BCUT2D eigenvalue weighted by Crippen LogP contribution is 2.18. The lowest BCUT2D eigenvalue weighted by atomic mass is 10.1. The number of carbonyl (C=O) groups excluding carboxylic acids is 1. The lowest BCUT2D eigenvalue weighted by Gasteiger charge is -2.16. The summed E-state index contributed by atoms with van der Waals surface area (Å²) in [6.45, 7) is 1.83. The Bertz CT molecular complexity index is 593. The van der Waals surface area contributed by atoms with Gasteiger partial charge in [-0.05, 0) is 5.56 Å². The molecule has 0 bridgehead atoms. The zero-order valence-electron chi connectivity index (χ0n) is 10.6. The Morgan fingerprint density at radius 2 is 2.11 bits per heavy atom. The molecule has 0 saturated carbocycles. The molecule has 0 aliphatic carbocycles. The van der Waals surface area contributed by atoms with Gasteiger partial charge in [0.1, 0.15) is 6.29 Å². The molecule has 0 radical (unpaired) electrons. The fraction of sp³-hybridized carbons (Fsp3) is 0.267. The molecule has 96 valence electrons. The highest BCUT2D eigenvalue weighted by atomic mass is 16.1. The largest absolute Gasteiger partial charge is 0.312 e. The molecule has 0 fully saturated rings. The van der Waals surface area contributed by atoms with E-state index in [-0.39, 0.29) is 0 Å². The van der Waals surface area contributed by atoms with Crippen molar-refractivity contribution in [2.45, 2.75) is 19.4 Å². The molecule has 19 heavy (non-hydrogen) atoms. The van der Waals surface area contributed by atoms with E-state index >= 15 is 0 Å². The van der Waals surface area contributed by atoms with Crippen molar-refractivity contribution in [3.63, 3.8) is 0 Å². The normalized spacial score (nSPS) is 13.9. The van der Waals surface area contributed by atoms with Crippen LogP contribution in [0.4, 0.5) is 0 Å². The van der Waals surface area contributed by atoms with Gasteiger partial charge in [-0.25, -0.2) is 9.97 Å². The summed E-state index contributed by atoms with van der Waals surface area (Å²) in [4.78, 5) is 19.5. The van der Waals surface area contributed by atoms with Crippen molar-refractivity contribution in [3.05, 3.63) is 47.3 Å². The summed E-state index contributed by atoms with van der Waals surface area (Å²) >= 11 is 0. The number of fused-ring (bicyclic) bond motifs is 1. The molecule has 0 atom stereocenters. The molecule has 2 heterocycles. The Kier molecular flexibility index (Phi) is 3.33. The van der Waals surface area contributed by atoms with Gasteiger partial charge in [0.05, 0.1) is 5.69 Å². The Hall–Kier alpha value is -2.07. The van der Waals surface area contributed by atoms with E-state index in [9.17, 15) is 4.79 Å². The number of nitrogens with one attached hydrogen (secondary N) is 1. The minimum absolute atomic E-state index is 0.455. The first kappa shape index (κ1) is 12.0. The van der Waals surface area contributed by atoms with Crippen LogP contribution in [0.5, 0.6) is 0 Å². The maximum absolute atomic E-state index is 10.5. The highest BCUT2D eigenvalue weighted by molar-refractivity contribution is 5.59. The van der Waals surface area contributed by atoms with Crippen LogP contribution < -0.4 is 5.32 Å². The second kappa shape index (κ2) is 5.28. The van der Waals surface area contributed by atoms with Gasteiger partial charge in [-0.15, -0.1) is 0 Å². The third-order valence-electron chi connectivity index (χ3n) is 3.34. The molecular weight excluding hydrogens is 238 g/mol. The standard InChI is InChI=1S/C15H15N3O/c19-8-6-11-1-3-12(4-2-11)15-17-10-13-9-16-7-5-14(13)18-15/h1-4,8,10,16H,5-7,9H2. The number of carbonyl (C=O) groups is 1. The molecule has 1 aromatic heterocycles.